The number of morpholine rings is 1. The quantitative estimate of drug-likeness (QED) is 0.787. The second-order valence-electron chi connectivity index (χ2n) is 5.99. The summed E-state index contributed by atoms with van der Waals surface area (Å²) in [6, 6.07) is 3.16. The number of nitrogens with zero attached hydrogens (tertiary/aromatic N) is 1. The highest BCUT2D eigenvalue weighted by atomic mass is 16.5. The van der Waals surface area contributed by atoms with Crippen LogP contribution in [0.3, 0.4) is 0 Å². The number of amides is 1. The Labute approximate surface area is 135 Å². The van der Waals surface area contributed by atoms with Gasteiger partial charge in [0.2, 0.25) is 5.56 Å². The minimum Gasteiger partial charge on any atom is -0.381 e. The topological polar surface area (TPSA) is 83.7 Å². The average Bonchev–Trinajstić information content (AvgIpc) is 3.11. The standard InChI is InChI=1S/C16H23N3O4/c20-15-2-1-12(9-17-15)16(21)18-10-14(13-3-6-23-11-13)19-4-7-22-8-5-19/h1-2,9,13-14H,3-8,10-11H2,(H,17,20)(H,18,21)/t13-,14-/m1/s1. The van der Waals surface area contributed by atoms with E-state index < -0.39 is 0 Å². The molecule has 2 aliphatic heterocycles. The fourth-order valence-electron chi connectivity index (χ4n) is 3.21. The zero-order chi connectivity index (χ0) is 16.1. The van der Waals surface area contributed by atoms with Crippen LogP contribution in [0.5, 0.6) is 0 Å². The highest BCUT2D eigenvalue weighted by Gasteiger charge is 2.31. The smallest absolute Gasteiger partial charge is 0.252 e. The van der Waals surface area contributed by atoms with Gasteiger partial charge in [-0.05, 0) is 12.5 Å². The lowest BCUT2D eigenvalue weighted by molar-refractivity contribution is 0.00166. The van der Waals surface area contributed by atoms with Crippen molar-refractivity contribution < 1.29 is 14.3 Å². The van der Waals surface area contributed by atoms with Crippen LogP contribution in [0.2, 0.25) is 0 Å². The number of hydrogen-bond donors (Lipinski definition) is 2. The van der Waals surface area contributed by atoms with Crippen molar-refractivity contribution in [2.24, 2.45) is 5.92 Å². The molecule has 2 aliphatic rings. The largest absolute Gasteiger partial charge is 0.381 e. The van der Waals surface area contributed by atoms with Crippen LogP contribution in [0.15, 0.2) is 23.1 Å². The van der Waals surface area contributed by atoms with Gasteiger partial charge in [-0.2, -0.15) is 0 Å². The summed E-state index contributed by atoms with van der Waals surface area (Å²) in [6.07, 6.45) is 2.47. The van der Waals surface area contributed by atoms with Crippen LogP contribution in [0, 0.1) is 5.92 Å². The average molecular weight is 321 g/mol. The van der Waals surface area contributed by atoms with Crippen LogP contribution in [0.4, 0.5) is 0 Å². The van der Waals surface area contributed by atoms with Crippen molar-refractivity contribution in [1.29, 1.82) is 0 Å². The first-order valence-corrected chi connectivity index (χ1v) is 8.10. The van der Waals surface area contributed by atoms with Gasteiger partial charge in [-0.3, -0.25) is 14.5 Å². The Bertz CT molecular complexity index is 556. The number of carbonyl (C=O) groups excluding carboxylic acids is 1. The second-order valence-corrected chi connectivity index (χ2v) is 5.99. The van der Waals surface area contributed by atoms with Gasteiger partial charge < -0.3 is 19.8 Å². The zero-order valence-corrected chi connectivity index (χ0v) is 13.1. The predicted molar refractivity (Wildman–Crippen MR) is 84.5 cm³/mol. The molecule has 2 atom stereocenters. The lowest BCUT2D eigenvalue weighted by Gasteiger charge is -2.37. The first kappa shape index (κ1) is 16.2. The molecule has 0 radical (unpaired) electrons. The van der Waals surface area contributed by atoms with Gasteiger partial charge in [-0.25, -0.2) is 0 Å². The lowest BCUT2D eigenvalue weighted by Crippen LogP contribution is -2.52. The molecule has 0 aromatic carbocycles. The number of H-pyrrole nitrogens is 1. The van der Waals surface area contributed by atoms with Gasteiger partial charge in [0.15, 0.2) is 0 Å². The summed E-state index contributed by atoms with van der Waals surface area (Å²) in [7, 11) is 0. The van der Waals surface area contributed by atoms with E-state index in [2.05, 4.69) is 15.2 Å². The maximum atomic E-state index is 12.3. The van der Waals surface area contributed by atoms with Gasteiger partial charge in [0.05, 0.1) is 25.4 Å². The number of nitrogens with one attached hydrogen (secondary N) is 2. The van der Waals surface area contributed by atoms with Crippen molar-refractivity contribution in [3.63, 3.8) is 0 Å². The molecular weight excluding hydrogens is 298 g/mol. The van der Waals surface area contributed by atoms with Crippen LogP contribution in [0.1, 0.15) is 16.8 Å². The Morgan fingerprint density at radius 1 is 1.30 bits per heavy atom. The first-order chi connectivity index (χ1) is 11.2. The molecule has 0 spiro atoms. The summed E-state index contributed by atoms with van der Waals surface area (Å²) in [5.74, 6) is 0.266. The van der Waals surface area contributed by atoms with E-state index in [1.54, 1.807) is 0 Å². The third-order valence-corrected chi connectivity index (χ3v) is 4.54. The van der Waals surface area contributed by atoms with Crippen molar-refractivity contribution in [3.8, 4) is 0 Å². The summed E-state index contributed by atoms with van der Waals surface area (Å²) in [5.41, 5.74) is 0.254. The molecule has 0 bridgehead atoms. The van der Waals surface area contributed by atoms with E-state index in [0.717, 1.165) is 45.9 Å². The van der Waals surface area contributed by atoms with Crippen LogP contribution in [-0.2, 0) is 9.47 Å². The Hall–Kier alpha value is -1.70. The molecule has 1 aromatic heterocycles. The maximum absolute atomic E-state index is 12.3. The Morgan fingerprint density at radius 3 is 2.78 bits per heavy atom. The Balaban J connectivity index is 1.62. The van der Waals surface area contributed by atoms with Gasteiger partial charge in [0, 0.05) is 50.5 Å². The number of hydrogen-bond acceptors (Lipinski definition) is 5. The van der Waals surface area contributed by atoms with E-state index in [9.17, 15) is 9.59 Å². The Kier molecular flexibility index (Phi) is 5.43. The fraction of sp³-hybridized carbons (Fsp3) is 0.625. The molecule has 3 heterocycles. The number of aromatic amines is 1. The maximum Gasteiger partial charge on any atom is 0.252 e. The molecule has 0 unspecified atom stereocenters. The Morgan fingerprint density at radius 2 is 2.13 bits per heavy atom. The summed E-state index contributed by atoms with van der Waals surface area (Å²) in [4.78, 5) is 28.2. The molecule has 2 saturated heterocycles. The van der Waals surface area contributed by atoms with Gasteiger partial charge in [-0.15, -0.1) is 0 Å². The zero-order valence-electron chi connectivity index (χ0n) is 13.1. The van der Waals surface area contributed by atoms with E-state index in [1.165, 1.54) is 18.3 Å². The van der Waals surface area contributed by atoms with Crippen molar-refractivity contribution in [1.82, 2.24) is 15.2 Å². The summed E-state index contributed by atoms with van der Waals surface area (Å²) < 4.78 is 10.9. The number of ether oxygens (including phenoxy) is 2. The van der Waals surface area contributed by atoms with Crippen molar-refractivity contribution >= 4 is 5.91 Å². The molecule has 2 N–H and O–H groups in total. The summed E-state index contributed by atoms with van der Waals surface area (Å²) in [5, 5.41) is 2.99. The monoisotopic (exact) mass is 321 g/mol. The first-order valence-electron chi connectivity index (χ1n) is 8.10. The van der Waals surface area contributed by atoms with Gasteiger partial charge in [0.25, 0.3) is 5.91 Å². The third-order valence-electron chi connectivity index (χ3n) is 4.54. The van der Waals surface area contributed by atoms with E-state index in [4.69, 9.17) is 9.47 Å². The molecule has 0 aliphatic carbocycles. The minimum absolute atomic E-state index is 0.168. The van der Waals surface area contributed by atoms with Crippen LogP contribution >= 0.6 is 0 Å². The number of rotatable bonds is 5. The highest BCUT2D eigenvalue weighted by molar-refractivity contribution is 5.93. The minimum atomic E-state index is -0.212. The van der Waals surface area contributed by atoms with Crippen LogP contribution < -0.4 is 10.9 Å². The molecular formula is C16H23N3O4. The molecule has 126 valence electrons. The predicted octanol–water partition coefficient (Wildman–Crippen LogP) is -0.158. The van der Waals surface area contributed by atoms with E-state index in [-0.39, 0.29) is 17.5 Å². The SMILES string of the molecule is O=C(NC[C@H]([C@@H]1CCOC1)N1CCOCC1)c1ccc(=O)[nH]c1. The molecule has 7 heteroatoms. The molecule has 3 rings (SSSR count). The van der Waals surface area contributed by atoms with Crippen LogP contribution in [0.25, 0.3) is 0 Å². The molecule has 7 nitrogen and oxygen atoms in total. The molecule has 23 heavy (non-hydrogen) atoms. The van der Waals surface area contributed by atoms with E-state index >= 15 is 0 Å². The normalized spacial score (nSPS) is 23.6. The van der Waals surface area contributed by atoms with Crippen LogP contribution in [-0.4, -0.2) is 67.9 Å². The fourth-order valence-corrected chi connectivity index (χ4v) is 3.21. The molecule has 1 aromatic rings. The number of aromatic nitrogens is 1. The van der Waals surface area contributed by atoms with Gasteiger partial charge in [-0.1, -0.05) is 0 Å². The van der Waals surface area contributed by atoms with E-state index in [0.29, 0.717) is 18.0 Å². The summed E-state index contributed by atoms with van der Waals surface area (Å²) in [6.45, 7) is 5.35. The van der Waals surface area contributed by atoms with Gasteiger partial charge in [0.1, 0.15) is 0 Å². The van der Waals surface area contributed by atoms with Gasteiger partial charge >= 0.3 is 0 Å². The van der Waals surface area contributed by atoms with Crippen molar-refractivity contribution in [3.05, 3.63) is 34.2 Å². The molecule has 0 saturated carbocycles. The summed E-state index contributed by atoms with van der Waals surface area (Å²) >= 11 is 0. The number of pyridine rings is 1. The second kappa shape index (κ2) is 7.72. The molecule has 2 fully saturated rings. The van der Waals surface area contributed by atoms with Crippen molar-refractivity contribution in [2.75, 3.05) is 46.1 Å². The van der Waals surface area contributed by atoms with E-state index in [1.807, 2.05) is 0 Å². The lowest BCUT2D eigenvalue weighted by atomic mass is 9.96. The third kappa shape index (κ3) is 4.19. The number of carbonyl (C=O) groups is 1. The molecule has 1 amide bonds. The highest BCUT2D eigenvalue weighted by Crippen LogP contribution is 2.21. The van der Waals surface area contributed by atoms with Crippen molar-refractivity contribution in [2.45, 2.75) is 12.5 Å².